The number of rotatable bonds is 6. The Morgan fingerprint density at radius 1 is 1.13 bits per heavy atom. The number of amides is 1. The van der Waals surface area contributed by atoms with Gasteiger partial charge in [0.25, 0.3) is 0 Å². The van der Waals surface area contributed by atoms with E-state index in [9.17, 15) is 4.79 Å². The third-order valence-electron chi connectivity index (χ3n) is 3.59. The number of carbonyl (C=O) groups excluding carboxylic acids is 1. The number of carbonyl (C=O) groups is 1. The quantitative estimate of drug-likeness (QED) is 0.860. The van der Waals surface area contributed by atoms with E-state index in [1.807, 2.05) is 31.2 Å². The first kappa shape index (κ1) is 17.2. The molecule has 1 amide bonds. The number of anilines is 1. The van der Waals surface area contributed by atoms with Crippen molar-refractivity contribution in [1.29, 1.82) is 0 Å². The van der Waals surface area contributed by atoms with E-state index in [0.717, 1.165) is 16.8 Å². The predicted octanol–water partition coefficient (Wildman–Crippen LogP) is 4.24. The molecule has 0 spiro atoms. The van der Waals surface area contributed by atoms with Crippen LogP contribution in [0, 0.1) is 6.92 Å². The van der Waals surface area contributed by atoms with Crippen molar-refractivity contribution in [2.45, 2.75) is 19.8 Å². The van der Waals surface area contributed by atoms with E-state index in [0.29, 0.717) is 29.4 Å². The molecule has 0 bridgehead atoms. The molecule has 0 aliphatic rings. The lowest BCUT2D eigenvalue weighted by Gasteiger charge is -2.10. The molecule has 1 N–H and O–H groups in total. The van der Waals surface area contributed by atoms with E-state index >= 15 is 0 Å². The average Bonchev–Trinajstić information content (AvgIpc) is 2.56. The van der Waals surface area contributed by atoms with E-state index in [2.05, 4.69) is 5.32 Å². The van der Waals surface area contributed by atoms with Gasteiger partial charge in [-0.15, -0.1) is 0 Å². The smallest absolute Gasteiger partial charge is 0.224 e. The first-order chi connectivity index (χ1) is 11.0. The summed E-state index contributed by atoms with van der Waals surface area (Å²) in [6, 6.07) is 11.1. The Kier molecular flexibility index (Phi) is 5.88. The summed E-state index contributed by atoms with van der Waals surface area (Å²) >= 11 is 6.06. The molecule has 4 nitrogen and oxygen atoms in total. The van der Waals surface area contributed by atoms with Gasteiger partial charge in [-0.25, -0.2) is 0 Å². The molecule has 2 aromatic rings. The number of ether oxygens (including phenoxy) is 2. The van der Waals surface area contributed by atoms with Crippen LogP contribution >= 0.6 is 11.6 Å². The maximum atomic E-state index is 12.1. The molecule has 0 aromatic heterocycles. The molecular weight excluding hydrogens is 314 g/mol. The molecule has 0 radical (unpaired) electrons. The maximum Gasteiger partial charge on any atom is 0.224 e. The van der Waals surface area contributed by atoms with Gasteiger partial charge in [-0.05, 0) is 48.7 Å². The molecule has 23 heavy (non-hydrogen) atoms. The van der Waals surface area contributed by atoms with Crippen LogP contribution in [-0.4, -0.2) is 20.1 Å². The van der Waals surface area contributed by atoms with Crippen LogP contribution in [0.15, 0.2) is 36.4 Å². The number of hydrogen-bond donors (Lipinski definition) is 1. The van der Waals surface area contributed by atoms with Gasteiger partial charge in [-0.1, -0.05) is 17.7 Å². The van der Waals surface area contributed by atoms with E-state index in [4.69, 9.17) is 21.1 Å². The van der Waals surface area contributed by atoms with Crippen LogP contribution in [0.3, 0.4) is 0 Å². The van der Waals surface area contributed by atoms with Gasteiger partial charge in [0.1, 0.15) is 11.5 Å². The molecule has 0 atom stereocenters. The topological polar surface area (TPSA) is 47.6 Å². The highest BCUT2D eigenvalue weighted by Crippen LogP contribution is 2.25. The largest absolute Gasteiger partial charge is 0.497 e. The fourth-order valence-corrected chi connectivity index (χ4v) is 2.40. The second-order valence-electron chi connectivity index (χ2n) is 5.18. The maximum absolute atomic E-state index is 12.1. The van der Waals surface area contributed by atoms with Gasteiger partial charge in [-0.3, -0.25) is 4.79 Å². The predicted molar refractivity (Wildman–Crippen MR) is 92.7 cm³/mol. The second-order valence-corrected chi connectivity index (χ2v) is 5.59. The van der Waals surface area contributed by atoms with Crippen molar-refractivity contribution in [1.82, 2.24) is 0 Å². The van der Waals surface area contributed by atoms with Crippen molar-refractivity contribution >= 4 is 23.2 Å². The molecule has 0 saturated carbocycles. The monoisotopic (exact) mass is 333 g/mol. The van der Waals surface area contributed by atoms with Crippen molar-refractivity contribution in [2.24, 2.45) is 0 Å². The second kappa shape index (κ2) is 7.88. The lowest BCUT2D eigenvalue weighted by molar-refractivity contribution is -0.116. The zero-order valence-electron chi connectivity index (χ0n) is 13.5. The molecule has 0 aliphatic carbocycles. The zero-order valence-corrected chi connectivity index (χ0v) is 14.2. The number of aryl methyl sites for hydroxylation is 1. The Morgan fingerprint density at radius 2 is 1.78 bits per heavy atom. The summed E-state index contributed by atoms with van der Waals surface area (Å²) in [6.07, 6.45) is 0.960. The summed E-state index contributed by atoms with van der Waals surface area (Å²) in [7, 11) is 3.21. The minimum Gasteiger partial charge on any atom is -0.497 e. The van der Waals surface area contributed by atoms with Gasteiger partial charge < -0.3 is 14.8 Å². The van der Waals surface area contributed by atoms with Gasteiger partial charge in [-0.2, -0.15) is 0 Å². The summed E-state index contributed by atoms with van der Waals surface area (Å²) < 4.78 is 10.5. The standard InChI is InChI=1S/C18H20ClNO3/c1-12-16(19)5-4-6-17(12)20-18(21)8-7-13-9-14(22-2)11-15(10-13)23-3/h4-6,9-11H,7-8H2,1-3H3,(H,20,21). The van der Waals surface area contributed by atoms with Crippen LogP contribution in [0.4, 0.5) is 5.69 Å². The molecule has 0 heterocycles. The van der Waals surface area contributed by atoms with Gasteiger partial charge in [0.2, 0.25) is 5.91 Å². The molecule has 5 heteroatoms. The third kappa shape index (κ3) is 4.63. The van der Waals surface area contributed by atoms with E-state index in [1.54, 1.807) is 26.4 Å². The Labute approximate surface area is 141 Å². The number of halogens is 1. The van der Waals surface area contributed by atoms with E-state index in [-0.39, 0.29) is 5.91 Å². The van der Waals surface area contributed by atoms with Gasteiger partial charge in [0.15, 0.2) is 0 Å². The molecule has 2 aromatic carbocycles. The molecule has 0 fully saturated rings. The highest BCUT2D eigenvalue weighted by molar-refractivity contribution is 6.31. The van der Waals surface area contributed by atoms with Crippen molar-refractivity contribution < 1.29 is 14.3 Å². The Hall–Kier alpha value is -2.20. The number of methoxy groups -OCH3 is 2. The fourth-order valence-electron chi connectivity index (χ4n) is 2.22. The van der Waals surface area contributed by atoms with Crippen LogP contribution in [0.2, 0.25) is 5.02 Å². The molecule has 122 valence electrons. The minimum atomic E-state index is -0.0582. The first-order valence-corrected chi connectivity index (χ1v) is 7.68. The van der Waals surface area contributed by atoms with Gasteiger partial charge >= 0.3 is 0 Å². The van der Waals surface area contributed by atoms with Crippen molar-refractivity contribution in [3.05, 3.63) is 52.5 Å². The van der Waals surface area contributed by atoms with Crippen molar-refractivity contribution in [3.8, 4) is 11.5 Å². The minimum absolute atomic E-state index is 0.0582. The van der Waals surface area contributed by atoms with Crippen LogP contribution in [0.1, 0.15) is 17.5 Å². The SMILES string of the molecule is COc1cc(CCC(=O)Nc2cccc(Cl)c2C)cc(OC)c1. The molecular formula is C18H20ClNO3. The van der Waals surface area contributed by atoms with Crippen LogP contribution < -0.4 is 14.8 Å². The summed E-state index contributed by atoms with van der Waals surface area (Å²) in [5.74, 6) is 1.37. The Balaban J connectivity index is 2.00. The van der Waals surface area contributed by atoms with Crippen molar-refractivity contribution in [2.75, 3.05) is 19.5 Å². The van der Waals surface area contributed by atoms with E-state index in [1.165, 1.54) is 0 Å². The Bertz CT molecular complexity index is 678. The van der Waals surface area contributed by atoms with Crippen LogP contribution in [0.5, 0.6) is 11.5 Å². The van der Waals surface area contributed by atoms with Crippen molar-refractivity contribution in [3.63, 3.8) is 0 Å². The molecule has 0 saturated heterocycles. The summed E-state index contributed by atoms with van der Waals surface area (Å²) in [5, 5.41) is 3.53. The van der Waals surface area contributed by atoms with E-state index < -0.39 is 0 Å². The third-order valence-corrected chi connectivity index (χ3v) is 4.00. The normalized spacial score (nSPS) is 10.3. The highest BCUT2D eigenvalue weighted by Gasteiger charge is 2.08. The molecule has 0 unspecified atom stereocenters. The summed E-state index contributed by atoms with van der Waals surface area (Å²) in [6.45, 7) is 1.88. The summed E-state index contributed by atoms with van der Waals surface area (Å²) in [4.78, 5) is 12.1. The lowest BCUT2D eigenvalue weighted by atomic mass is 10.1. The summed E-state index contributed by atoms with van der Waals surface area (Å²) in [5.41, 5.74) is 2.59. The van der Waals surface area contributed by atoms with Gasteiger partial charge in [0.05, 0.1) is 14.2 Å². The fraction of sp³-hybridized carbons (Fsp3) is 0.278. The number of hydrogen-bond acceptors (Lipinski definition) is 3. The number of nitrogens with one attached hydrogen (secondary N) is 1. The lowest BCUT2D eigenvalue weighted by Crippen LogP contribution is -2.13. The number of benzene rings is 2. The molecule has 0 aliphatic heterocycles. The average molecular weight is 334 g/mol. The van der Waals surface area contributed by atoms with Gasteiger partial charge in [0, 0.05) is 23.2 Å². The highest BCUT2D eigenvalue weighted by atomic mass is 35.5. The first-order valence-electron chi connectivity index (χ1n) is 7.30. The Morgan fingerprint density at radius 3 is 2.39 bits per heavy atom. The van der Waals surface area contributed by atoms with Crippen LogP contribution in [0.25, 0.3) is 0 Å². The zero-order chi connectivity index (χ0) is 16.8. The molecule has 2 rings (SSSR count). The van der Waals surface area contributed by atoms with Crippen LogP contribution in [-0.2, 0) is 11.2 Å².